The number of carbonyl (C=O) groups is 1. The highest BCUT2D eigenvalue weighted by atomic mass is 35.5. The molecule has 0 aromatic heterocycles. The lowest BCUT2D eigenvalue weighted by Gasteiger charge is -2.25. The molecule has 0 aliphatic heterocycles. The second-order valence-corrected chi connectivity index (χ2v) is 4.79. The summed E-state index contributed by atoms with van der Waals surface area (Å²) in [6.07, 6.45) is -0.146. The molecule has 0 fully saturated rings. The molecule has 0 bridgehead atoms. The maximum atomic E-state index is 12.3. The number of hydrogen-bond acceptors (Lipinski definition) is 5. The summed E-state index contributed by atoms with van der Waals surface area (Å²) in [5, 5.41) is 17.4. The summed E-state index contributed by atoms with van der Waals surface area (Å²) in [5.41, 5.74) is -1.19. The van der Waals surface area contributed by atoms with E-state index in [0.29, 0.717) is 11.3 Å². The second-order valence-electron chi connectivity index (χ2n) is 4.27. The van der Waals surface area contributed by atoms with Gasteiger partial charge in [0.05, 0.1) is 25.9 Å². The molecule has 0 spiro atoms. The molecule has 0 amide bonds. The van der Waals surface area contributed by atoms with Crippen molar-refractivity contribution in [1.82, 2.24) is 0 Å². The largest absolute Gasteiger partial charge is 0.497 e. The van der Waals surface area contributed by atoms with Crippen LogP contribution in [0.2, 0.25) is 0 Å². The molecule has 110 valence electrons. The first-order valence-corrected chi connectivity index (χ1v) is 6.74. The van der Waals surface area contributed by atoms with Crippen LogP contribution in [0, 0.1) is 22.7 Å². The van der Waals surface area contributed by atoms with Crippen molar-refractivity contribution < 1.29 is 14.3 Å². The highest BCUT2D eigenvalue weighted by molar-refractivity contribution is 6.22. The summed E-state index contributed by atoms with van der Waals surface area (Å²) in [6.45, 7) is 1.79. The van der Waals surface area contributed by atoms with Crippen molar-refractivity contribution in [3.05, 3.63) is 29.8 Å². The van der Waals surface area contributed by atoms with Gasteiger partial charge in [0.25, 0.3) is 0 Å². The first-order valence-electron chi connectivity index (χ1n) is 6.30. The topological polar surface area (TPSA) is 83.1 Å². The Bertz CT molecular complexity index is 574. The maximum Gasteiger partial charge on any atom is 0.331 e. The molecule has 1 aromatic carbocycles. The smallest absolute Gasteiger partial charge is 0.331 e. The fourth-order valence-electron chi connectivity index (χ4n) is 1.92. The zero-order chi connectivity index (χ0) is 15.9. The fraction of sp³-hybridized carbons (Fsp3) is 0.400. The zero-order valence-corrected chi connectivity index (χ0v) is 12.6. The Morgan fingerprint density at radius 3 is 2.43 bits per heavy atom. The molecule has 21 heavy (non-hydrogen) atoms. The average Bonchev–Trinajstić information content (AvgIpc) is 2.52. The van der Waals surface area contributed by atoms with E-state index in [-0.39, 0.29) is 13.0 Å². The number of methoxy groups -OCH3 is 1. The summed E-state index contributed by atoms with van der Waals surface area (Å²) in [6, 6.07) is 10.3. The lowest BCUT2D eigenvalue weighted by molar-refractivity contribution is -0.148. The number of hydrogen-bond donors (Lipinski definition) is 0. The highest BCUT2D eigenvalue weighted by Crippen LogP contribution is 2.33. The van der Waals surface area contributed by atoms with Crippen LogP contribution in [0.25, 0.3) is 0 Å². The molecule has 0 aliphatic carbocycles. The van der Waals surface area contributed by atoms with Crippen molar-refractivity contribution in [1.29, 1.82) is 10.5 Å². The molecular formula is C15H15ClN2O3. The fourth-order valence-corrected chi connectivity index (χ4v) is 2.15. The van der Waals surface area contributed by atoms with E-state index in [2.05, 4.69) is 0 Å². The van der Waals surface area contributed by atoms with Gasteiger partial charge in [0.1, 0.15) is 11.1 Å². The van der Waals surface area contributed by atoms with Gasteiger partial charge in [-0.05, 0) is 24.6 Å². The molecular weight excluding hydrogens is 292 g/mol. The molecule has 0 saturated heterocycles. The molecule has 2 atom stereocenters. The molecule has 0 heterocycles. The Labute approximate surface area is 128 Å². The molecule has 0 saturated carbocycles. The molecule has 1 aromatic rings. The van der Waals surface area contributed by atoms with Gasteiger partial charge in [0.15, 0.2) is 5.41 Å². The third kappa shape index (κ3) is 3.65. The number of alkyl halides is 1. The number of halogens is 1. The molecule has 0 radical (unpaired) electrons. The Balaban J connectivity index is 3.31. The predicted octanol–water partition coefficient (Wildman–Crippen LogP) is 2.54. The summed E-state index contributed by atoms with van der Waals surface area (Å²) >= 11 is 5.84. The molecule has 0 N–H and O–H groups in total. The normalized spacial score (nSPS) is 14.1. The average molecular weight is 307 g/mol. The van der Waals surface area contributed by atoms with E-state index in [1.54, 1.807) is 31.2 Å². The standard InChI is InChI=1S/C15H15ClN2O3/c1-3-21-14(19)15(10-18,8-12(16)9-17)11-4-6-13(20-2)7-5-11/h4-7,12H,3,8H2,1-2H3/t12-,15-/m0/s1. The predicted molar refractivity (Wildman–Crippen MR) is 76.8 cm³/mol. The molecule has 0 unspecified atom stereocenters. The molecule has 0 aliphatic rings. The van der Waals surface area contributed by atoms with Gasteiger partial charge < -0.3 is 9.47 Å². The van der Waals surface area contributed by atoms with E-state index in [4.69, 9.17) is 26.3 Å². The number of nitrogens with zero attached hydrogens (tertiary/aromatic N) is 2. The SMILES string of the molecule is CCOC(=O)[C@](C#N)(C[C@H](Cl)C#N)c1ccc(OC)cc1. The van der Waals surface area contributed by atoms with E-state index in [1.165, 1.54) is 7.11 Å². The molecule has 6 heteroatoms. The second kappa shape index (κ2) is 7.52. The number of benzene rings is 1. The summed E-state index contributed by atoms with van der Waals surface area (Å²) in [4.78, 5) is 12.3. The van der Waals surface area contributed by atoms with Crippen LogP contribution in [0.1, 0.15) is 18.9 Å². The maximum absolute atomic E-state index is 12.3. The molecule has 1 rings (SSSR count). The minimum absolute atomic E-state index is 0.137. The van der Waals surface area contributed by atoms with Crippen molar-refractivity contribution in [3.63, 3.8) is 0 Å². The third-order valence-corrected chi connectivity index (χ3v) is 3.27. The Morgan fingerprint density at radius 2 is 2.00 bits per heavy atom. The Kier molecular flexibility index (Phi) is 6.02. The van der Waals surface area contributed by atoms with Crippen LogP contribution < -0.4 is 4.74 Å². The first kappa shape index (κ1) is 16.8. The van der Waals surface area contributed by atoms with Gasteiger partial charge in [-0.15, -0.1) is 11.6 Å². The van der Waals surface area contributed by atoms with E-state index in [0.717, 1.165) is 0 Å². The van der Waals surface area contributed by atoms with Crippen LogP contribution >= 0.6 is 11.6 Å². The van der Waals surface area contributed by atoms with E-state index in [1.807, 2.05) is 12.1 Å². The van der Waals surface area contributed by atoms with Crippen LogP contribution in [0.5, 0.6) is 5.75 Å². The van der Waals surface area contributed by atoms with Crippen LogP contribution in [0.3, 0.4) is 0 Å². The van der Waals surface area contributed by atoms with Gasteiger partial charge in [-0.25, -0.2) is 4.79 Å². The Morgan fingerprint density at radius 1 is 1.38 bits per heavy atom. The molecule has 5 nitrogen and oxygen atoms in total. The number of rotatable bonds is 6. The quantitative estimate of drug-likeness (QED) is 0.595. The monoisotopic (exact) mass is 306 g/mol. The first-order chi connectivity index (χ1) is 10.0. The Hall–Kier alpha value is -2.24. The summed E-state index contributed by atoms with van der Waals surface area (Å²) in [7, 11) is 1.52. The summed E-state index contributed by atoms with van der Waals surface area (Å²) < 4.78 is 10.0. The van der Waals surface area contributed by atoms with Gasteiger partial charge in [-0.3, -0.25) is 0 Å². The number of nitriles is 2. The van der Waals surface area contributed by atoms with Crippen LogP contribution in [0.4, 0.5) is 0 Å². The van der Waals surface area contributed by atoms with Gasteiger partial charge in [-0.2, -0.15) is 10.5 Å². The van der Waals surface area contributed by atoms with Crippen molar-refractivity contribution in [3.8, 4) is 17.9 Å². The van der Waals surface area contributed by atoms with E-state index < -0.39 is 16.8 Å². The van der Waals surface area contributed by atoms with E-state index >= 15 is 0 Å². The summed E-state index contributed by atoms with van der Waals surface area (Å²) in [5.74, 6) is -0.115. The van der Waals surface area contributed by atoms with Gasteiger partial charge >= 0.3 is 5.97 Å². The van der Waals surface area contributed by atoms with Crippen molar-refractivity contribution >= 4 is 17.6 Å². The van der Waals surface area contributed by atoms with E-state index in [9.17, 15) is 10.1 Å². The number of ether oxygens (including phenoxy) is 2. The minimum Gasteiger partial charge on any atom is -0.497 e. The van der Waals surface area contributed by atoms with Crippen molar-refractivity contribution in [2.24, 2.45) is 0 Å². The van der Waals surface area contributed by atoms with Crippen LogP contribution in [-0.4, -0.2) is 25.1 Å². The van der Waals surface area contributed by atoms with Crippen LogP contribution in [-0.2, 0) is 14.9 Å². The number of esters is 1. The minimum atomic E-state index is -1.61. The van der Waals surface area contributed by atoms with Crippen LogP contribution in [0.15, 0.2) is 24.3 Å². The van der Waals surface area contributed by atoms with Gasteiger partial charge in [0, 0.05) is 6.42 Å². The highest BCUT2D eigenvalue weighted by Gasteiger charge is 2.44. The number of carbonyl (C=O) groups excluding carboxylic acids is 1. The van der Waals surface area contributed by atoms with Gasteiger partial charge in [0.2, 0.25) is 0 Å². The lowest BCUT2D eigenvalue weighted by Crippen LogP contribution is -2.38. The zero-order valence-electron chi connectivity index (χ0n) is 11.8. The van der Waals surface area contributed by atoms with Gasteiger partial charge in [-0.1, -0.05) is 12.1 Å². The van der Waals surface area contributed by atoms with Crippen molar-refractivity contribution in [2.45, 2.75) is 24.1 Å². The lowest BCUT2D eigenvalue weighted by atomic mass is 9.78. The third-order valence-electron chi connectivity index (χ3n) is 3.02. The van der Waals surface area contributed by atoms with Crippen molar-refractivity contribution in [2.75, 3.05) is 13.7 Å².